The molecule has 33 heavy (non-hydrogen) atoms. The van der Waals surface area contributed by atoms with Crippen LogP contribution in [0, 0.1) is 0 Å². The van der Waals surface area contributed by atoms with Crippen LogP contribution >= 0.6 is 11.8 Å². The summed E-state index contributed by atoms with van der Waals surface area (Å²) in [7, 11) is 0. The van der Waals surface area contributed by atoms with Crippen LogP contribution in [0.25, 0.3) is 0 Å². The van der Waals surface area contributed by atoms with Gasteiger partial charge in [0.05, 0.1) is 9.62 Å². The molecule has 1 aliphatic rings. The largest absolute Gasteiger partial charge is 0.357 e. The molecule has 4 heteroatoms. The zero-order valence-corrected chi connectivity index (χ0v) is 23.2. The first-order valence-corrected chi connectivity index (χ1v) is 14.4. The summed E-state index contributed by atoms with van der Waals surface area (Å²) in [5.74, 6) is 0.259. The summed E-state index contributed by atoms with van der Waals surface area (Å²) in [6.07, 6.45) is 22.7. The number of carbonyl (C=O) groups is 1. The lowest BCUT2D eigenvalue weighted by Crippen LogP contribution is -2.50. The van der Waals surface area contributed by atoms with Gasteiger partial charge in [0.15, 0.2) is 0 Å². The van der Waals surface area contributed by atoms with Gasteiger partial charge < -0.3 is 9.64 Å². The molecule has 0 bridgehead atoms. The van der Waals surface area contributed by atoms with E-state index in [1.165, 1.54) is 64.2 Å². The Labute approximate surface area is 210 Å². The van der Waals surface area contributed by atoms with E-state index in [4.69, 9.17) is 4.74 Å². The summed E-state index contributed by atoms with van der Waals surface area (Å²) in [6.45, 7) is 17.1. The minimum Gasteiger partial charge on any atom is -0.357 e. The summed E-state index contributed by atoms with van der Waals surface area (Å²) in [5, 5.41) is 0. The summed E-state index contributed by atoms with van der Waals surface area (Å²) in [6, 6.07) is 0. The fraction of sp³-hybridized carbons (Fsp3) is 0.828. The van der Waals surface area contributed by atoms with E-state index in [-0.39, 0.29) is 21.8 Å². The highest BCUT2D eigenvalue weighted by atomic mass is 32.2. The predicted octanol–water partition coefficient (Wildman–Crippen LogP) is 9.03. The Bertz CT molecular complexity index is 558. The Morgan fingerprint density at radius 1 is 0.788 bits per heavy atom. The number of unbranched alkanes of at least 4 members (excludes halogenated alkanes) is 13. The Balaban J connectivity index is 2.36. The zero-order chi connectivity index (χ0) is 24.6. The average molecular weight is 480 g/mol. The number of carbonyl (C=O) groups excluding carboxylic acids is 1. The van der Waals surface area contributed by atoms with Crippen LogP contribution in [-0.4, -0.2) is 33.3 Å². The van der Waals surface area contributed by atoms with Gasteiger partial charge in [0.2, 0.25) is 5.91 Å². The highest BCUT2D eigenvalue weighted by molar-refractivity contribution is 8.02. The highest BCUT2D eigenvalue weighted by Crippen LogP contribution is 2.51. The van der Waals surface area contributed by atoms with Gasteiger partial charge in [-0.3, -0.25) is 4.79 Å². The molecule has 0 aromatic rings. The molecule has 192 valence electrons. The minimum absolute atomic E-state index is 0.0878. The molecule has 1 heterocycles. The molecular formula is C29H53NO2S. The fourth-order valence-electron chi connectivity index (χ4n) is 4.90. The van der Waals surface area contributed by atoms with Crippen molar-refractivity contribution in [2.45, 2.75) is 146 Å². The quantitative estimate of drug-likeness (QED) is 0.129. The van der Waals surface area contributed by atoms with E-state index in [0.717, 1.165) is 38.7 Å². The van der Waals surface area contributed by atoms with Crippen LogP contribution < -0.4 is 0 Å². The highest BCUT2D eigenvalue weighted by Gasteiger charge is 2.54. The van der Waals surface area contributed by atoms with Crippen molar-refractivity contribution in [3.8, 4) is 0 Å². The number of thioether (sulfide) groups is 1. The predicted molar refractivity (Wildman–Crippen MR) is 147 cm³/mol. The van der Waals surface area contributed by atoms with E-state index >= 15 is 0 Å². The SMILES string of the molecule is C=CCCCCCCCCCOC1N(C(=O)CCCCCCCCC=C)C(C)(C)SC1(C)C. The van der Waals surface area contributed by atoms with E-state index in [0.29, 0.717) is 6.42 Å². The third-order valence-corrected chi connectivity index (χ3v) is 7.99. The summed E-state index contributed by atoms with van der Waals surface area (Å²) in [4.78, 5) is 15.1. The Hall–Kier alpha value is -0.740. The molecule has 0 aliphatic carbocycles. The van der Waals surface area contributed by atoms with Crippen molar-refractivity contribution < 1.29 is 9.53 Å². The van der Waals surface area contributed by atoms with Gasteiger partial charge >= 0.3 is 0 Å². The number of allylic oxidation sites excluding steroid dienone is 2. The maximum Gasteiger partial charge on any atom is 0.225 e. The van der Waals surface area contributed by atoms with E-state index in [1.54, 1.807) is 0 Å². The number of amides is 1. The van der Waals surface area contributed by atoms with Crippen LogP contribution in [0.2, 0.25) is 0 Å². The zero-order valence-electron chi connectivity index (χ0n) is 22.3. The van der Waals surface area contributed by atoms with Crippen molar-refractivity contribution in [1.82, 2.24) is 4.90 Å². The van der Waals surface area contributed by atoms with Crippen LogP contribution in [-0.2, 0) is 9.53 Å². The van der Waals surface area contributed by atoms with E-state index in [9.17, 15) is 4.79 Å². The van der Waals surface area contributed by atoms with Crippen molar-refractivity contribution >= 4 is 17.7 Å². The third-order valence-electron chi connectivity index (χ3n) is 6.57. The van der Waals surface area contributed by atoms with Crippen molar-refractivity contribution in [3.05, 3.63) is 25.3 Å². The molecular weight excluding hydrogens is 426 g/mol. The van der Waals surface area contributed by atoms with Gasteiger partial charge in [-0.25, -0.2) is 0 Å². The van der Waals surface area contributed by atoms with Crippen LogP contribution in [0.1, 0.15) is 130 Å². The van der Waals surface area contributed by atoms with Gasteiger partial charge in [0, 0.05) is 13.0 Å². The monoisotopic (exact) mass is 479 g/mol. The topological polar surface area (TPSA) is 29.5 Å². The number of rotatable bonds is 20. The first-order valence-electron chi connectivity index (χ1n) is 13.6. The molecule has 1 aliphatic heterocycles. The molecule has 3 nitrogen and oxygen atoms in total. The minimum atomic E-state index is -0.221. The molecule has 1 atom stereocenters. The molecule has 1 saturated heterocycles. The summed E-state index contributed by atoms with van der Waals surface area (Å²) < 4.78 is 6.31. The average Bonchev–Trinajstić information content (AvgIpc) is 2.94. The molecule has 0 saturated carbocycles. The maximum absolute atomic E-state index is 13.2. The van der Waals surface area contributed by atoms with Gasteiger partial charge in [0.25, 0.3) is 0 Å². The Kier molecular flexibility index (Phi) is 15.4. The lowest BCUT2D eigenvalue weighted by atomic mass is 10.1. The van der Waals surface area contributed by atoms with Crippen molar-refractivity contribution in [1.29, 1.82) is 0 Å². The molecule has 1 fully saturated rings. The molecule has 0 radical (unpaired) electrons. The molecule has 0 aromatic carbocycles. The summed E-state index contributed by atoms with van der Waals surface area (Å²) in [5.41, 5.74) is 0. The fourth-order valence-corrected chi connectivity index (χ4v) is 6.76. The van der Waals surface area contributed by atoms with E-state index < -0.39 is 0 Å². The van der Waals surface area contributed by atoms with Gasteiger partial charge in [0.1, 0.15) is 6.23 Å². The second-order valence-corrected chi connectivity index (χ2v) is 12.9. The van der Waals surface area contributed by atoms with Gasteiger partial charge in [-0.2, -0.15) is 0 Å². The number of ether oxygens (including phenoxy) is 1. The van der Waals surface area contributed by atoms with E-state index in [1.807, 2.05) is 23.9 Å². The second-order valence-electron chi connectivity index (χ2n) is 10.6. The molecule has 1 unspecified atom stereocenters. The number of nitrogens with zero attached hydrogens (tertiary/aromatic N) is 1. The standard InChI is InChI=1S/C29H53NO2S/c1-7-9-11-13-15-17-19-21-23-25-32-27-28(3,4)33-29(5,6)30(27)26(31)24-22-20-18-16-14-12-10-8-2/h7-8,27H,1-2,9-25H2,3-6H3. The summed E-state index contributed by atoms with van der Waals surface area (Å²) >= 11 is 1.87. The van der Waals surface area contributed by atoms with Crippen molar-refractivity contribution in [2.24, 2.45) is 0 Å². The third kappa shape index (κ3) is 12.0. The lowest BCUT2D eigenvalue weighted by molar-refractivity contribution is -0.152. The van der Waals surface area contributed by atoms with Crippen LogP contribution in [0.4, 0.5) is 0 Å². The number of hydrogen-bond donors (Lipinski definition) is 0. The van der Waals surface area contributed by atoms with Crippen LogP contribution in [0.15, 0.2) is 25.3 Å². The van der Waals surface area contributed by atoms with Crippen molar-refractivity contribution in [3.63, 3.8) is 0 Å². The Morgan fingerprint density at radius 3 is 1.76 bits per heavy atom. The van der Waals surface area contributed by atoms with Crippen LogP contribution in [0.3, 0.4) is 0 Å². The van der Waals surface area contributed by atoms with Crippen LogP contribution in [0.5, 0.6) is 0 Å². The maximum atomic E-state index is 13.2. The molecule has 1 amide bonds. The normalized spacial score (nSPS) is 19.0. The molecule has 0 aromatic heterocycles. The molecule has 1 rings (SSSR count). The van der Waals surface area contributed by atoms with Gasteiger partial charge in [-0.1, -0.05) is 69.9 Å². The van der Waals surface area contributed by atoms with Crippen molar-refractivity contribution in [2.75, 3.05) is 6.61 Å². The first kappa shape index (κ1) is 30.3. The lowest BCUT2D eigenvalue weighted by Gasteiger charge is -2.36. The van der Waals surface area contributed by atoms with Gasteiger partial charge in [-0.05, 0) is 66.2 Å². The number of hydrogen-bond acceptors (Lipinski definition) is 3. The molecule has 0 N–H and O–H groups in total. The second kappa shape index (κ2) is 16.8. The Morgan fingerprint density at radius 2 is 1.24 bits per heavy atom. The molecule has 0 spiro atoms. The smallest absolute Gasteiger partial charge is 0.225 e. The van der Waals surface area contributed by atoms with E-state index in [2.05, 4.69) is 45.8 Å². The first-order chi connectivity index (χ1) is 15.8. The van der Waals surface area contributed by atoms with Gasteiger partial charge in [-0.15, -0.1) is 24.9 Å².